The second kappa shape index (κ2) is 5.69. The van der Waals surface area contributed by atoms with Gasteiger partial charge in [0.05, 0.1) is 0 Å². The summed E-state index contributed by atoms with van der Waals surface area (Å²) in [5.74, 6) is 0. The van der Waals surface area contributed by atoms with E-state index in [1.807, 2.05) is 0 Å². The Morgan fingerprint density at radius 2 is 1.83 bits per heavy atom. The van der Waals surface area contributed by atoms with Crippen LogP contribution in [0.15, 0.2) is 48.5 Å². The second-order valence-electron chi connectivity index (χ2n) is 4.42. The fourth-order valence-corrected chi connectivity index (χ4v) is 2.17. The van der Waals surface area contributed by atoms with E-state index in [1.54, 1.807) is 0 Å². The maximum Gasteiger partial charge on any atom is 0.0440 e. The summed E-state index contributed by atoms with van der Waals surface area (Å²) in [5.41, 5.74) is 10.7. The number of benzene rings is 2. The summed E-state index contributed by atoms with van der Waals surface area (Å²) in [6.07, 6.45) is 1.04. The lowest BCUT2D eigenvalue weighted by atomic mass is 10.1. The number of para-hydroxylation sites is 1. The maximum atomic E-state index is 5.70. The van der Waals surface area contributed by atoms with E-state index in [0.29, 0.717) is 6.54 Å². The molecule has 0 unspecified atom stereocenters. The summed E-state index contributed by atoms with van der Waals surface area (Å²) in [4.78, 5) is 2.22. The second-order valence-corrected chi connectivity index (χ2v) is 4.42. The van der Waals surface area contributed by atoms with Gasteiger partial charge in [0.2, 0.25) is 0 Å². The number of hydrogen-bond acceptors (Lipinski definition) is 2. The first kappa shape index (κ1) is 12.7. The van der Waals surface area contributed by atoms with Crippen LogP contribution in [0.2, 0.25) is 0 Å². The third kappa shape index (κ3) is 2.54. The number of hydrogen-bond donors (Lipinski definition) is 1. The Labute approximate surface area is 109 Å². The lowest BCUT2D eigenvalue weighted by Crippen LogP contribution is -2.12. The van der Waals surface area contributed by atoms with Crippen molar-refractivity contribution in [2.24, 2.45) is 5.73 Å². The Morgan fingerprint density at radius 3 is 2.56 bits per heavy atom. The molecule has 2 aromatic carbocycles. The van der Waals surface area contributed by atoms with E-state index in [2.05, 4.69) is 67.4 Å². The van der Waals surface area contributed by atoms with E-state index in [1.165, 1.54) is 16.9 Å². The monoisotopic (exact) mass is 240 g/mol. The van der Waals surface area contributed by atoms with Crippen molar-refractivity contribution in [3.8, 4) is 0 Å². The van der Waals surface area contributed by atoms with E-state index in [4.69, 9.17) is 5.73 Å². The smallest absolute Gasteiger partial charge is 0.0440 e. The van der Waals surface area contributed by atoms with Gasteiger partial charge in [-0.2, -0.15) is 0 Å². The fraction of sp³-hybridized carbons (Fsp3) is 0.250. The Morgan fingerprint density at radius 1 is 1.06 bits per heavy atom. The number of aryl methyl sites for hydroxylation is 1. The third-order valence-corrected chi connectivity index (χ3v) is 3.27. The van der Waals surface area contributed by atoms with Crippen molar-refractivity contribution < 1.29 is 0 Å². The van der Waals surface area contributed by atoms with Gasteiger partial charge in [-0.25, -0.2) is 0 Å². The van der Waals surface area contributed by atoms with Crippen LogP contribution in [-0.4, -0.2) is 7.05 Å². The Hall–Kier alpha value is -1.80. The van der Waals surface area contributed by atoms with Gasteiger partial charge in [0, 0.05) is 25.0 Å². The molecule has 18 heavy (non-hydrogen) atoms. The number of rotatable bonds is 4. The van der Waals surface area contributed by atoms with Crippen LogP contribution in [0.5, 0.6) is 0 Å². The van der Waals surface area contributed by atoms with E-state index in [9.17, 15) is 0 Å². The molecule has 0 amide bonds. The lowest BCUT2D eigenvalue weighted by molar-refractivity contribution is 1.06. The average Bonchev–Trinajstić information content (AvgIpc) is 2.46. The lowest BCUT2D eigenvalue weighted by Gasteiger charge is -2.22. The Bertz CT molecular complexity index is 520. The molecule has 0 aliphatic heterocycles. The van der Waals surface area contributed by atoms with Gasteiger partial charge in [0.25, 0.3) is 0 Å². The van der Waals surface area contributed by atoms with Gasteiger partial charge < -0.3 is 10.6 Å². The van der Waals surface area contributed by atoms with Crippen molar-refractivity contribution in [2.75, 3.05) is 11.9 Å². The number of nitrogens with two attached hydrogens (primary N) is 1. The van der Waals surface area contributed by atoms with Gasteiger partial charge in [0.1, 0.15) is 0 Å². The molecule has 94 valence electrons. The molecule has 0 saturated carbocycles. The maximum absolute atomic E-state index is 5.70. The molecule has 2 aromatic rings. The van der Waals surface area contributed by atoms with Gasteiger partial charge in [-0.3, -0.25) is 0 Å². The predicted octanol–water partition coefficient (Wildman–Crippen LogP) is 3.48. The minimum atomic E-state index is 0.580. The zero-order valence-electron chi connectivity index (χ0n) is 11.1. The molecule has 0 heterocycles. The number of nitrogens with zero attached hydrogens (tertiary/aromatic N) is 1. The van der Waals surface area contributed by atoms with E-state index in [0.717, 1.165) is 12.0 Å². The molecule has 0 bridgehead atoms. The summed E-state index contributed by atoms with van der Waals surface area (Å²) in [6.45, 7) is 2.76. The first-order valence-electron chi connectivity index (χ1n) is 6.37. The summed E-state index contributed by atoms with van der Waals surface area (Å²) in [7, 11) is 2.10. The van der Waals surface area contributed by atoms with Crippen LogP contribution in [0.4, 0.5) is 11.4 Å². The van der Waals surface area contributed by atoms with Gasteiger partial charge in [-0.1, -0.05) is 37.3 Å². The van der Waals surface area contributed by atoms with E-state index in [-0.39, 0.29) is 0 Å². The highest BCUT2D eigenvalue weighted by atomic mass is 15.1. The normalized spacial score (nSPS) is 10.4. The molecule has 0 aliphatic carbocycles. The van der Waals surface area contributed by atoms with Crippen molar-refractivity contribution in [3.05, 3.63) is 59.7 Å². The Balaban J connectivity index is 2.37. The van der Waals surface area contributed by atoms with Crippen LogP contribution < -0.4 is 10.6 Å². The highest BCUT2D eigenvalue weighted by Gasteiger charge is 2.07. The summed E-state index contributed by atoms with van der Waals surface area (Å²) in [5, 5.41) is 0. The van der Waals surface area contributed by atoms with Crippen LogP contribution in [0.1, 0.15) is 18.1 Å². The molecule has 0 aromatic heterocycles. The zero-order chi connectivity index (χ0) is 13.0. The molecular formula is C16H20N2. The van der Waals surface area contributed by atoms with Crippen molar-refractivity contribution in [1.29, 1.82) is 0 Å². The van der Waals surface area contributed by atoms with Crippen molar-refractivity contribution in [2.45, 2.75) is 19.9 Å². The van der Waals surface area contributed by atoms with Gasteiger partial charge in [-0.15, -0.1) is 0 Å². The van der Waals surface area contributed by atoms with Crippen LogP contribution in [0.3, 0.4) is 0 Å². The molecule has 2 rings (SSSR count). The van der Waals surface area contributed by atoms with E-state index >= 15 is 0 Å². The first-order chi connectivity index (χ1) is 8.76. The van der Waals surface area contributed by atoms with E-state index < -0.39 is 0 Å². The number of anilines is 2. The average molecular weight is 240 g/mol. The molecule has 0 fully saturated rings. The Kier molecular flexibility index (Phi) is 4.00. The molecule has 2 heteroatoms. The minimum absolute atomic E-state index is 0.580. The SMILES string of the molecule is CCc1ccccc1N(C)c1cccc(CN)c1. The molecular weight excluding hydrogens is 220 g/mol. The van der Waals surface area contributed by atoms with Crippen LogP contribution in [0, 0.1) is 0 Å². The summed E-state index contributed by atoms with van der Waals surface area (Å²) >= 11 is 0. The van der Waals surface area contributed by atoms with Crippen molar-refractivity contribution in [1.82, 2.24) is 0 Å². The third-order valence-electron chi connectivity index (χ3n) is 3.27. The molecule has 0 radical (unpaired) electrons. The first-order valence-corrected chi connectivity index (χ1v) is 6.37. The van der Waals surface area contributed by atoms with Crippen LogP contribution >= 0.6 is 0 Å². The predicted molar refractivity (Wildman–Crippen MR) is 78.2 cm³/mol. The summed E-state index contributed by atoms with van der Waals surface area (Å²) < 4.78 is 0. The largest absolute Gasteiger partial charge is 0.344 e. The highest BCUT2D eigenvalue weighted by molar-refractivity contribution is 5.66. The summed E-state index contributed by atoms with van der Waals surface area (Å²) in [6, 6.07) is 16.9. The highest BCUT2D eigenvalue weighted by Crippen LogP contribution is 2.27. The van der Waals surface area contributed by atoms with Crippen LogP contribution in [-0.2, 0) is 13.0 Å². The van der Waals surface area contributed by atoms with Crippen molar-refractivity contribution in [3.63, 3.8) is 0 Å². The molecule has 0 spiro atoms. The molecule has 0 saturated heterocycles. The van der Waals surface area contributed by atoms with Crippen LogP contribution in [0.25, 0.3) is 0 Å². The van der Waals surface area contributed by atoms with Crippen molar-refractivity contribution >= 4 is 11.4 Å². The standard InChI is InChI=1S/C16H20N2/c1-3-14-8-4-5-10-16(14)18(2)15-9-6-7-13(11-15)12-17/h4-11H,3,12,17H2,1-2H3. The zero-order valence-corrected chi connectivity index (χ0v) is 11.1. The molecule has 2 N–H and O–H groups in total. The quantitative estimate of drug-likeness (QED) is 0.886. The van der Waals surface area contributed by atoms with Gasteiger partial charge in [-0.05, 0) is 35.7 Å². The fourth-order valence-electron chi connectivity index (χ4n) is 2.17. The molecule has 0 atom stereocenters. The molecule has 2 nitrogen and oxygen atoms in total. The molecule has 0 aliphatic rings. The van der Waals surface area contributed by atoms with Gasteiger partial charge in [0.15, 0.2) is 0 Å². The topological polar surface area (TPSA) is 29.3 Å². The van der Waals surface area contributed by atoms with Gasteiger partial charge >= 0.3 is 0 Å². The minimum Gasteiger partial charge on any atom is -0.344 e.